The quantitative estimate of drug-likeness (QED) is 0.460. The first-order valence-electron chi connectivity index (χ1n) is 9.17. The van der Waals surface area contributed by atoms with E-state index >= 15 is 0 Å². The Labute approximate surface area is 178 Å². The standard InChI is InChI=1S/C23H23BrFNO3/c1-27-21-6-4-3-5-18(21)14-26-13-17-11-20(24)23(22(12-17)28-2)29-15-16-7-9-19(25)10-8-16/h3-12,26H,13-15H2,1-2H3. The van der Waals surface area contributed by atoms with Gasteiger partial charge >= 0.3 is 0 Å². The molecular formula is C23H23BrFNO3. The van der Waals surface area contributed by atoms with Gasteiger partial charge in [-0.3, -0.25) is 0 Å². The van der Waals surface area contributed by atoms with Crippen molar-refractivity contribution in [3.05, 3.63) is 87.6 Å². The van der Waals surface area contributed by atoms with E-state index in [4.69, 9.17) is 14.2 Å². The highest BCUT2D eigenvalue weighted by Crippen LogP contribution is 2.37. The molecule has 6 heteroatoms. The molecule has 0 unspecified atom stereocenters. The second-order valence-electron chi connectivity index (χ2n) is 6.44. The van der Waals surface area contributed by atoms with Crippen molar-refractivity contribution in [3.8, 4) is 17.2 Å². The van der Waals surface area contributed by atoms with E-state index in [1.165, 1.54) is 12.1 Å². The third-order valence-corrected chi connectivity index (χ3v) is 5.01. The molecule has 1 N–H and O–H groups in total. The largest absolute Gasteiger partial charge is 0.496 e. The van der Waals surface area contributed by atoms with Gasteiger partial charge in [0.05, 0.1) is 18.7 Å². The summed E-state index contributed by atoms with van der Waals surface area (Å²) >= 11 is 3.57. The molecule has 0 heterocycles. The van der Waals surface area contributed by atoms with E-state index in [9.17, 15) is 4.39 Å². The summed E-state index contributed by atoms with van der Waals surface area (Å²) in [5.41, 5.74) is 3.03. The van der Waals surface area contributed by atoms with E-state index in [2.05, 4.69) is 21.2 Å². The molecule has 0 fully saturated rings. The molecule has 3 aromatic carbocycles. The molecule has 0 spiro atoms. The molecule has 0 aromatic heterocycles. The SMILES string of the molecule is COc1ccccc1CNCc1cc(Br)c(OCc2ccc(F)cc2)c(OC)c1. The molecule has 0 radical (unpaired) electrons. The van der Waals surface area contributed by atoms with Gasteiger partial charge in [-0.25, -0.2) is 4.39 Å². The van der Waals surface area contributed by atoms with Gasteiger partial charge in [-0.05, 0) is 57.4 Å². The van der Waals surface area contributed by atoms with E-state index in [1.54, 1.807) is 26.4 Å². The number of rotatable bonds is 9. The second-order valence-corrected chi connectivity index (χ2v) is 7.29. The predicted octanol–water partition coefficient (Wildman–Crippen LogP) is 5.47. The molecule has 152 valence electrons. The fourth-order valence-corrected chi connectivity index (χ4v) is 3.55. The van der Waals surface area contributed by atoms with Gasteiger partial charge in [-0.15, -0.1) is 0 Å². The van der Waals surface area contributed by atoms with Gasteiger partial charge in [0.1, 0.15) is 18.2 Å². The van der Waals surface area contributed by atoms with Crippen LogP contribution in [0.3, 0.4) is 0 Å². The summed E-state index contributed by atoms with van der Waals surface area (Å²) in [6.45, 7) is 1.67. The van der Waals surface area contributed by atoms with Crippen LogP contribution in [0.15, 0.2) is 65.1 Å². The summed E-state index contributed by atoms with van der Waals surface area (Å²) in [5, 5.41) is 3.42. The first-order valence-corrected chi connectivity index (χ1v) is 9.96. The van der Waals surface area contributed by atoms with Gasteiger partial charge in [-0.2, -0.15) is 0 Å². The number of nitrogens with one attached hydrogen (secondary N) is 1. The highest BCUT2D eigenvalue weighted by molar-refractivity contribution is 9.10. The molecular weight excluding hydrogens is 437 g/mol. The summed E-state index contributed by atoms with van der Waals surface area (Å²) < 4.78 is 30.7. The lowest BCUT2D eigenvalue weighted by molar-refractivity contribution is 0.282. The maximum atomic E-state index is 13.0. The van der Waals surface area contributed by atoms with Crippen molar-refractivity contribution < 1.29 is 18.6 Å². The van der Waals surface area contributed by atoms with E-state index in [0.29, 0.717) is 31.2 Å². The van der Waals surface area contributed by atoms with Crippen molar-refractivity contribution in [2.75, 3.05) is 14.2 Å². The number of hydrogen-bond donors (Lipinski definition) is 1. The summed E-state index contributed by atoms with van der Waals surface area (Å²) in [4.78, 5) is 0. The monoisotopic (exact) mass is 459 g/mol. The van der Waals surface area contributed by atoms with Crippen molar-refractivity contribution in [2.45, 2.75) is 19.7 Å². The minimum absolute atomic E-state index is 0.266. The molecule has 29 heavy (non-hydrogen) atoms. The van der Waals surface area contributed by atoms with Crippen LogP contribution in [-0.2, 0) is 19.7 Å². The number of para-hydroxylation sites is 1. The van der Waals surface area contributed by atoms with Crippen LogP contribution >= 0.6 is 15.9 Å². The highest BCUT2D eigenvalue weighted by Gasteiger charge is 2.12. The molecule has 3 aromatic rings. The molecule has 4 nitrogen and oxygen atoms in total. The van der Waals surface area contributed by atoms with Crippen molar-refractivity contribution in [1.29, 1.82) is 0 Å². The van der Waals surface area contributed by atoms with Crippen LogP contribution in [0.5, 0.6) is 17.2 Å². The minimum Gasteiger partial charge on any atom is -0.496 e. The van der Waals surface area contributed by atoms with E-state index in [-0.39, 0.29) is 5.82 Å². The lowest BCUT2D eigenvalue weighted by atomic mass is 10.1. The predicted molar refractivity (Wildman–Crippen MR) is 115 cm³/mol. The molecule has 3 rings (SSSR count). The number of methoxy groups -OCH3 is 2. The third-order valence-electron chi connectivity index (χ3n) is 4.42. The van der Waals surface area contributed by atoms with Crippen LogP contribution in [0.25, 0.3) is 0 Å². The first-order chi connectivity index (χ1) is 14.1. The molecule has 0 saturated carbocycles. The fraction of sp³-hybridized carbons (Fsp3) is 0.217. The van der Waals surface area contributed by atoms with Gasteiger partial charge in [-0.1, -0.05) is 30.3 Å². The smallest absolute Gasteiger partial charge is 0.175 e. The number of ether oxygens (including phenoxy) is 3. The Morgan fingerprint density at radius 3 is 2.31 bits per heavy atom. The Bertz CT molecular complexity index is 947. The van der Waals surface area contributed by atoms with Gasteiger partial charge in [0, 0.05) is 18.7 Å². The van der Waals surface area contributed by atoms with Crippen LogP contribution in [-0.4, -0.2) is 14.2 Å². The lowest BCUT2D eigenvalue weighted by Crippen LogP contribution is -2.13. The Kier molecular flexibility index (Phi) is 7.49. The average molecular weight is 460 g/mol. The molecule has 0 bridgehead atoms. The van der Waals surface area contributed by atoms with Crippen LogP contribution in [0.1, 0.15) is 16.7 Å². The zero-order valence-electron chi connectivity index (χ0n) is 16.4. The maximum Gasteiger partial charge on any atom is 0.175 e. The lowest BCUT2D eigenvalue weighted by Gasteiger charge is -2.15. The summed E-state index contributed by atoms with van der Waals surface area (Å²) in [6, 6.07) is 18.1. The highest BCUT2D eigenvalue weighted by atomic mass is 79.9. The molecule has 0 aliphatic rings. The zero-order valence-corrected chi connectivity index (χ0v) is 18.0. The number of hydrogen-bond acceptors (Lipinski definition) is 4. The van der Waals surface area contributed by atoms with Crippen molar-refractivity contribution >= 4 is 15.9 Å². The number of benzene rings is 3. The van der Waals surface area contributed by atoms with Crippen LogP contribution in [0, 0.1) is 5.82 Å². The van der Waals surface area contributed by atoms with Gasteiger partial charge in [0.15, 0.2) is 11.5 Å². The van der Waals surface area contributed by atoms with Crippen LogP contribution < -0.4 is 19.5 Å². The summed E-state index contributed by atoms with van der Waals surface area (Å²) in [5.74, 6) is 1.85. The molecule has 0 atom stereocenters. The second kappa shape index (κ2) is 10.3. The molecule has 0 amide bonds. The van der Waals surface area contributed by atoms with E-state index < -0.39 is 0 Å². The zero-order chi connectivity index (χ0) is 20.6. The maximum absolute atomic E-state index is 13.0. The third kappa shape index (κ3) is 5.71. The van der Waals surface area contributed by atoms with Crippen molar-refractivity contribution in [2.24, 2.45) is 0 Å². The Morgan fingerprint density at radius 1 is 0.862 bits per heavy atom. The topological polar surface area (TPSA) is 39.7 Å². The summed E-state index contributed by atoms with van der Waals surface area (Å²) in [6.07, 6.45) is 0. The first kappa shape index (κ1) is 21.1. The van der Waals surface area contributed by atoms with Gasteiger partial charge in [0.25, 0.3) is 0 Å². The van der Waals surface area contributed by atoms with Gasteiger partial charge < -0.3 is 19.5 Å². The Morgan fingerprint density at radius 2 is 1.59 bits per heavy atom. The van der Waals surface area contributed by atoms with Crippen molar-refractivity contribution in [1.82, 2.24) is 5.32 Å². The fourth-order valence-electron chi connectivity index (χ4n) is 2.94. The molecule has 0 aliphatic carbocycles. The Hall–Kier alpha value is -2.57. The van der Waals surface area contributed by atoms with E-state index in [1.807, 2.05) is 36.4 Å². The van der Waals surface area contributed by atoms with Crippen LogP contribution in [0.2, 0.25) is 0 Å². The molecule has 0 aliphatic heterocycles. The van der Waals surface area contributed by atoms with E-state index in [0.717, 1.165) is 26.9 Å². The van der Waals surface area contributed by atoms with Gasteiger partial charge in [0.2, 0.25) is 0 Å². The van der Waals surface area contributed by atoms with Crippen molar-refractivity contribution in [3.63, 3.8) is 0 Å². The molecule has 0 saturated heterocycles. The minimum atomic E-state index is -0.266. The van der Waals surface area contributed by atoms with Crippen LogP contribution in [0.4, 0.5) is 4.39 Å². The Balaban J connectivity index is 1.65. The average Bonchev–Trinajstić information content (AvgIpc) is 2.74. The number of halogens is 2. The summed E-state index contributed by atoms with van der Waals surface area (Å²) in [7, 11) is 3.28. The normalized spacial score (nSPS) is 10.6.